The largest absolute Gasteiger partial charge is 0.345 e. The van der Waals surface area contributed by atoms with Crippen LogP contribution >= 0.6 is 11.3 Å². The van der Waals surface area contributed by atoms with E-state index in [1.54, 1.807) is 24.3 Å². The van der Waals surface area contributed by atoms with Crippen LogP contribution in [0.25, 0.3) is 11.0 Å². The van der Waals surface area contributed by atoms with E-state index in [0.29, 0.717) is 10.7 Å². The molecule has 0 aliphatic heterocycles. The van der Waals surface area contributed by atoms with E-state index in [1.165, 1.54) is 11.3 Å². The van der Waals surface area contributed by atoms with E-state index in [-0.39, 0.29) is 5.91 Å². The zero-order valence-corrected chi connectivity index (χ0v) is 11.4. The summed E-state index contributed by atoms with van der Waals surface area (Å²) < 4.78 is 0. The maximum absolute atomic E-state index is 12.4. The summed E-state index contributed by atoms with van der Waals surface area (Å²) in [5, 5.41) is 2.63. The number of nitrogens with zero attached hydrogens (tertiary/aromatic N) is 3. The van der Waals surface area contributed by atoms with Gasteiger partial charge >= 0.3 is 0 Å². The van der Waals surface area contributed by atoms with Gasteiger partial charge in [0.1, 0.15) is 0 Å². The zero-order chi connectivity index (χ0) is 13.4. The van der Waals surface area contributed by atoms with Crippen molar-refractivity contribution in [3.05, 3.63) is 41.2 Å². The third-order valence-electron chi connectivity index (χ3n) is 2.87. The Kier molecular flexibility index (Phi) is 2.79. The first-order chi connectivity index (χ1) is 9.15. The summed E-state index contributed by atoms with van der Waals surface area (Å²) in [6.45, 7) is 1.91. The summed E-state index contributed by atoms with van der Waals surface area (Å²) in [6.07, 6.45) is 1.62. The van der Waals surface area contributed by atoms with Crippen LogP contribution in [0.2, 0.25) is 0 Å². The van der Waals surface area contributed by atoms with Gasteiger partial charge in [-0.05, 0) is 25.1 Å². The molecule has 5 nitrogen and oxygen atoms in total. The first-order valence-corrected chi connectivity index (χ1v) is 6.66. The number of H-pyrrole nitrogens is 1. The van der Waals surface area contributed by atoms with E-state index >= 15 is 0 Å². The highest BCUT2D eigenvalue weighted by Gasteiger charge is 2.16. The molecule has 0 fully saturated rings. The van der Waals surface area contributed by atoms with E-state index in [0.717, 1.165) is 16.7 Å². The minimum atomic E-state index is -0.0779. The number of hydrogen-bond donors (Lipinski definition) is 1. The molecule has 0 aliphatic carbocycles. The van der Waals surface area contributed by atoms with E-state index in [2.05, 4.69) is 15.0 Å². The Morgan fingerprint density at radius 2 is 2.26 bits per heavy atom. The number of aromatic amines is 1. The Hall–Kier alpha value is -2.21. The molecule has 3 rings (SSSR count). The molecule has 1 aromatic carbocycles. The summed E-state index contributed by atoms with van der Waals surface area (Å²) in [6, 6.07) is 5.42. The lowest BCUT2D eigenvalue weighted by Gasteiger charge is -2.13. The molecule has 0 bridgehead atoms. The van der Waals surface area contributed by atoms with E-state index in [1.807, 2.05) is 24.4 Å². The fraction of sp³-hybridized carbons (Fsp3) is 0.154. The molecule has 96 valence electrons. The van der Waals surface area contributed by atoms with Crippen LogP contribution in [0.4, 0.5) is 5.13 Å². The number of amides is 1. The minimum Gasteiger partial charge on any atom is -0.345 e. The molecular formula is C13H12N4OS. The first kappa shape index (κ1) is 11.9. The summed E-state index contributed by atoms with van der Waals surface area (Å²) in [7, 11) is 1.73. The second-order valence-electron chi connectivity index (χ2n) is 4.27. The Balaban J connectivity index is 1.94. The minimum absolute atomic E-state index is 0.0779. The van der Waals surface area contributed by atoms with Gasteiger partial charge in [0.25, 0.3) is 5.91 Å². The monoisotopic (exact) mass is 272 g/mol. The van der Waals surface area contributed by atoms with Gasteiger partial charge in [-0.1, -0.05) is 0 Å². The number of carbonyl (C=O) groups excluding carboxylic acids is 1. The molecule has 0 spiro atoms. The van der Waals surface area contributed by atoms with Gasteiger partial charge in [0.15, 0.2) is 5.13 Å². The van der Waals surface area contributed by atoms with Crippen LogP contribution in [0.1, 0.15) is 16.1 Å². The normalized spacial score (nSPS) is 10.8. The SMILES string of the molecule is Cc1csc(N(C)C(=O)c2ccc3nc[nH]c3c2)n1. The van der Waals surface area contributed by atoms with Crippen molar-refractivity contribution in [3.8, 4) is 0 Å². The van der Waals surface area contributed by atoms with Gasteiger partial charge in [-0.2, -0.15) is 0 Å². The molecule has 2 aromatic heterocycles. The topological polar surface area (TPSA) is 61.9 Å². The highest BCUT2D eigenvalue weighted by atomic mass is 32.1. The highest BCUT2D eigenvalue weighted by molar-refractivity contribution is 7.14. The molecule has 3 aromatic rings. The number of anilines is 1. The molecule has 0 atom stereocenters. The van der Waals surface area contributed by atoms with Crippen LogP contribution in [-0.2, 0) is 0 Å². The molecule has 1 amide bonds. The lowest BCUT2D eigenvalue weighted by molar-refractivity contribution is 0.0993. The van der Waals surface area contributed by atoms with Crippen molar-refractivity contribution in [2.75, 3.05) is 11.9 Å². The zero-order valence-electron chi connectivity index (χ0n) is 10.5. The maximum atomic E-state index is 12.4. The molecule has 6 heteroatoms. The average Bonchev–Trinajstić information content (AvgIpc) is 3.04. The molecule has 2 heterocycles. The molecule has 0 saturated heterocycles. The Morgan fingerprint density at radius 3 is 3.00 bits per heavy atom. The average molecular weight is 272 g/mol. The summed E-state index contributed by atoms with van der Waals surface area (Å²) in [5.74, 6) is -0.0779. The van der Waals surface area contributed by atoms with Gasteiger partial charge in [-0.3, -0.25) is 9.69 Å². The molecular weight excluding hydrogens is 260 g/mol. The number of benzene rings is 1. The van der Waals surface area contributed by atoms with Crippen molar-refractivity contribution >= 4 is 33.4 Å². The maximum Gasteiger partial charge on any atom is 0.259 e. The van der Waals surface area contributed by atoms with Crippen molar-refractivity contribution in [1.29, 1.82) is 0 Å². The number of carbonyl (C=O) groups is 1. The molecule has 1 N–H and O–H groups in total. The van der Waals surface area contributed by atoms with Crippen molar-refractivity contribution in [2.24, 2.45) is 0 Å². The summed E-state index contributed by atoms with van der Waals surface area (Å²) in [5.41, 5.74) is 3.25. The first-order valence-electron chi connectivity index (χ1n) is 5.78. The molecule has 19 heavy (non-hydrogen) atoms. The summed E-state index contributed by atoms with van der Waals surface area (Å²) in [4.78, 5) is 25.4. The fourth-order valence-electron chi connectivity index (χ4n) is 1.84. The van der Waals surface area contributed by atoms with E-state index in [9.17, 15) is 4.79 Å². The number of thiazole rings is 1. The van der Waals surface area contributed by atoms with Crippen molar-refractivity contribution in [1.82, 2.24) is 15.0 Å². The Labute approximate surface area is 113 Å². The molecule has 0 aliphatic rings. The van der Waals surface area contributed by atoms with Crippen LogP contribution < -0.4 is 4.90 Å². The van der Waals surface area contributed by atoms with Crippen LogP contribution in [0.5, 0.6) is 0 Å². The van der Waals surface area contributed by atoms with Crippen LogP contribution in [0.15, 0.2) is 29.9 Å². The van der Waals surface area contributed by atoms with Gasteiger partial charge in [-0.15, -0.1) is 11.3 Å². The number of nitrogens with one attached hydrogen (secondary N) is 1. The standard InChI is InChI=1S/C13H12N4OS/c1-8-6-19-13(16-8)17(2)12(18)9-3-4-10-11(5-9)15-7-14-10/h3-7H,1-2H3,(H,14,15). The summed E-state index contributed by atoms with van der Waals surface area (Å²) >= 11 is 1.46. The van der Waals surface area contributed by atoms with Gasteiger partial charge < -0.3 is 4.98 Å². The number of hydrogen-bond acceptors (Lipinski definition) is 4. The second-order valence-corrected chi connectivity index (χ2v) is 5.11. The van der Waals surface area contributed by atoms with Crippen molar-refractivity contribution in [3.63, 3.8) is 0 Å². The van der Waals surface area contributed by atoms with Gasteiger partial charge in [-0.25, -0.2) is 9.97 Å². The van der Waals surface area contributed by atoms with Gasteiger partial charge in [0.2, 0.25) is 0 Å². The second kappa shape index (κ2) is 4.47. The lowest BCUT2D eigenvalue weighted by Crippen LogP contribution is -2.26. The third kappa shape index (κ3) is 2.10. The number of rotatable bonds is 2. The Bertz CT molecular complexity index is 746. The van der Waals surface area contributed by atoms with E-state index < -0.39 is 0 Å². The number of fused-ring (bicyclic) bond motifs is 1. The van der Waals surface area contributed by atoms with Crippen LogP contribution in [0.3, 0.4) is 0 Å². The Morgan fingerprint density at radius 1 is 1.42 bits per heavy atom. The van der Waals surface area contributed by atoms with Crippen molar-refractivity contribution < 1.29 is 4.79 Å². The van der Waals surface area contributed by atoms with Crippen LogP contribution in [0, 0.1) is 6.92 Å². The van der Waals surface area contributed by atoms with E-state index in [4.69, 9.17) is 0 Å². The predicted molar refractivity (Wildman–Crippen MR) is 75.7 cm³/mol. The number of aryl methyl sites for hydroxylation is 1. The lowest BCUT2D eigenvalue weighted by atomic mass is 10.2. The van der Waals surface area contributed by atoms with Crippen molar-refractivity contribution in [2.45, 2.75) is 6.92 Å². The smallest absolute Gasteiger partial charge is 0.259 e. The number of imidazole rings is 1. The molecule has 0 radical (unpaired) electrons. The number of aromatic nitrogens is 3. The third-order valence-corrected chi connectivity index (χ3v) is 3.90. The highest BCUT2D eigenvalue weighted by Crippen LogP contribution is 2.21. The predicted octanol–water partition coefficient (Wildman–Crippen LogP) is 2.60. The van der Waals surface area contributed by atoms with Gasteiger partial charge in [0, 0.05) is 18.0 Å². The molecule has 0 saturated carbocycles. The van der Waals surface area contributed by atoms with Gasteiger partial charge in [0.05, 0.1) is 23.1 Å². The quantitative estimate of drug-likeness (QED) is 0.780. The van der Waals surface area contributed by atoms with Crippen LogP contribution in [-0.4, -0.2) is 27.9 Å². The molecule has 0 unspecified atom stereocenters. The fourth-order valence-corrected chi connectivity index (χ4v) is 2.61.